The number of aliphatic imine (C=N–C) groups is 1. The van der Waals surface area contributed by atoms with Crippen LogP contribution in [0.25, 0.3) is 0 Å². The fraction of sp³-hybridized carbons (Fsp3) is 0.611. The lowest BCUT2D eigenvalue weighted by Gasteiger charge is -2.01. The lowest BCUT2D eigenvalue weighted by molar-refractivity contribution is 0.560. The summed E-state index contributed by atoms with van der Waals surface area (Å²) in [6, 6.07) is 8.03. The van der Waals surface area contributed by atoms with E-state index >= 15 is 0 Å². The Morgan fingerprint density at radius 1 is 0.900 bits per heavy atom. The van der Waals surface area contributed by atoms with E-state index in [9.17, 15) is 0 Å². The number of benzene rings is 1. The maximum atomic E-state index is 5.44. The van der Waals surface area contributed by atoms with E-state index in [0.717, 1.165) is 12.3 Å². The van der Waals surface area contributed by atoms with E-state index in [-0.39, 0.29) is 0 Å². The highest BCUT2D eigenvalue weighted by molar-refractivity contribution is 5.51. The number of unbranched alkanes of at least 4 members (excludes halogenated alkanes) is 7. The van der Waals surface area contributed by atoms with Gasteiger partial charge in [0.15, 0.2) is 6.40 Å². The van der Waals surface area contributed by atoms with E-state index in [1.165, 1.54) is 56.9 Å². The molecule has 2 nitrogen and oxygen atoms in total. The largest absolute Gasteiger partial charge is 0.446 e. The van der Waals surface area contributed by atoms with Crippen LogP contribution < -0.4 is 4.74 Å². The Morgan fingerprint density at radius 2 is 1.50 bits per heavy atom. The van der Waals surface area contributed by atoms with Crippen LogP contribution >= 0.6 is 0 Å². The standard InChI is InChI=1S/C18H29NO/c1-3-4-5-6-7-8-9-10-15-19-16-20-18-13-11-17(2)12-14-18/h11-14,16H,3-10,15H2,1-2H3/b19-16+. The van der Waals surface area contributed by atoms with Gasteiger partial charge in [-0.1, -0.05) is 69.6 Å². The average Bonchev–Trinajstić information content (AvgIpc) is 2.47. The van der Waals surface area contributed by atoms with Crippen molar-refractivity contribution in [1.29, 1.82) is 0 Å². The summed E-state index contributed by atoms with van der Waals surface area (Å²) in [6.45, 7) is 5.21. The van der Waals surface area contributed by atoms with Crippen molar-refractivity contribution in [1.82, 2.24) is 0 Å². The van der Waals surface area contributed by atoms with Crippen LogP contribution in [0.1, 0.15) is 63.9 Å². The number of hydrogen-bond donors (Lipinski definition) is 0. The molecule has 0 aliphatic heterocycles. The zero-order valence-corrected chi connectivity index (χ0v) is 13.1. The molecule has 20 heavy (non-hydrogen) atoms. The van der Waals surface area contributed by atoms with Crippen LogP contribution in [0.15, 0.2) is 29.3 Å². The molecule has 0 amide bonds. The zero-order chi connectivity index (χ0) is 14.5. The third-order valence-corrected chi connectivity index (χ3v) is 3.43. The molecule has 0 radical (unpaired) electrons. The predicted octanol–water partition coefficient (Wildman–Crippen LogP) is 5.54. The molecule has 1 aromatic rings. The molecule has 0 heterocycles. The fourth-order valence-corrected chi connectivity index (χ4v) is 2.10. The summed E-state index contributed by atoms with van der Waals surface area (Å²) < 4.78 is 5.44. The maximum Gasteiger partial charge on any atom is 0.176 e. The molecule has 0 saturated heterocycles. The normalized spacial score (nSPS) is 11.1. The van der Waals surface area contributed by atoms with Crippen molar-refractivity contribution in [2.45, 2.75) is 65.2 Å². The Hall–Kier alpha value is -1.31. The second-order valence-electron chi connectivity index (χ2n) is 5.42. The number of hydrogen-bond acceptors (Lipinski definition) is 2. The summed E-state index contributed by atoms with van der Waals surface area (Å²) in [6.07, 6.45) is 12.3. The fourth-order valence-electron chi connectivity index (χ4n) is 2.10. The van der Waals surface area contributed by atoms with Crippen LogP contribution in [-0.4, -0.2) is 12.9 Å². The second kappa shape index (κ2) is 11.5. The van der Waals surface area contributed by atoms with Crippen LogP contribution in [0.5, 0.6) is 5.75 Å². The molecular formula is C18H29NO. The molecule has 0 unspecified atom stereocenters. The first-order valence-corrected chi connectivity index (χ1v) is 8.04. The van der Waals surface area contributed by atoms with Crippen molar-refractivity contribution in [2.24, 2.45) is 4.99 Å². The molecule has 0 aliphatic carbocycles. The third kappa shape index (κ3) is 8.73. The Kier molecular flexibility index (Phi) is 9.64. The topological polar surface area (TPSA) is 21.6 Å². The Bertz CT molecular complexity index is 356. The van der Waals surface area contributed by atoms with E-state index in [2.05, 4.69) is 18.8 Å². The molecule has 0 aliphatic rings. The number of nitrogens with zero attached hydrogens (tertiary/aromatic N) is 1. The summed E-state index contributed by atoms with van der Waals surface area (Å²) in [7, 11) is 0. The minimum atomic E-state index is 0.857. The quantitative estimate of drug-likeness (QED) is 0.295. The third-order valence-electron chi connectivity index (χ3n) is 3.43. The number of aryl methyl sites for hydroxylation is 1. The molecule has 0 N–H and O–H groups in total. The number of ether oxygens (including phenoxy) is 1. The van der Waals surface area contributed by atoms with Gasteiger partial charge in [0.2, 0.25) is 0 Å². The van der Waals surface area contributed by atoms with Gasteiger partial charge in [-0.05, 0) is 25.5 Å². The Morgan fingerprint density at radius 3 is 2.15 bits per heavy atom. The average molecular weight is 275 g/mol. The molecule has 1 aromatic carbocycles. The maximum absolute atomic E-state index is 5.44. The van der Waals surface area contributed by atoms with Gasteiger partial charge in [0.05, 0.1) is 0 Å². The molecule has 0 aromatic heterocycles. The van der Waals surface area contributed by atoms with Gasteiger partial charge in [-0.2, -0.15) is 0 Å². The van der Waals surface area contributed by atoms with E-state index in [1.54, 1.807) is 6.40 Å². The van der Waals surface area contributed by atoms with Crippen molar-refractivity contribution in [2.75, 3.05) is 6.54 Å². The van der Waals surface area contributed by atoms with Crippen LogP contribution in [0, 0.1) is 6.92 Å². The summed E-state index contributed by atoms with van der Waals surface area (Å²) in [5, 5.41) is 0. The highest BCUT2D eigenvalue weighted by Crippen LogP contribution is 2.10. The van der Waals surface area contributed by atoms with Gasteiger partial charge < -0.3 is 4.74 Å². The van der Waals surface area contributed by atoms with Gasteiger partial charge in [0.25, 0.3) is 0 Å². The van der Waals surface area contributed by atoms with Gasteiger partial charge in [0.1, 0.15) is 5.75 Å². The first-order chi connectivity index (χ1) is 9.83. The van der Waals surface area contributed by atoms with Crippen molar-refractivity contribution in [3.05, 3.63) is 29.8 Å². The minimum Gasteiger partial charge on any atom is -0.446 e. The second-order valence-corrected chi connectivity index (χ2v) is 5.42. The molecule has 1 rings (SSSR count). The van der Waals surface area contributed by atoms with Crippen LogP contribution in [-0.2, 0) is 0 Å². The molecule has 2 heteroatoms. The van der Waals surface area contributed by atoms with E-state index < -0.39 is 0 Å². The molecule has 112 valence electrons. The monoisotopic (exact) mass is 275 g/mol. The summed E-state index contributed by atoms with van der Waals surface area (Å²) in [5.74, 6) is 0.857. The van der Waals surface area contributed by atoms with Crippen LogP contribution in [0.3, 0.4) is 0 Å². The van der Waals surface area contributed by atoms with Crippen LogP contribution in [0.4, 0.5) is 0 Å². The van der Waals surface area contributed by atoms with E-state index in [0.29, 0.717) is 0 Å². The number of rotatable bonds is 11. The lowest BCUT2D eigenvalue weighted by atomic mass is 10.1. The molecule has 0 bridgehead atoms. The molecule has 0 spiro atoms. The van der Waals surface area contributed by atoms with Crippen molar-refractivity contribution < 1.29 is 4.74 Å². The Labute approximate surface area is 124 Å². The molecule has 0 saturated carbocycles. The highest BCUT2D eigenvalue weighted by atomic mass is 16.5. The van der Waals surface area contributed by atoms with Crippen molar-refractivity contribution >= 4 is 6.40 Å². The first-order valence-electron chi connectivity index (χ1n) is 8.04. The van der Waals surface area contributed by atoms with Crippen molar-refractivity contribution in [3.63, 3.8) is 0 Å². The zero-order valence-electron chi connectivity index (χ0n) is 13.1. The minimum absolute atomic E-state index is 0.857. The SMILES string of the molecule is CCCCCCCCCC/N=C/Oc1ccc(C)cc1. The first kappa shape index (κ1) is 16.7. The van der Waals surface area contributed by atoms with Gasteiger partial charge in [-0.3, -0.25) is 4.99 Å². The predicted molar refractivity (Wildman–Crippen MR) is 87.8 cm³/mol. The molecular weight excluding hydrogens is 246 g/mol. The van der Waals surface area contributed by atoms with Crippen LogP contribution in [0.2, 0.25) is 0 Å². The highest BCUT2D eigenvalue weighted by Gasteiger charge is 1.91. The summed E-state index contributed by atoms with van der Waals surface area (Å²) in [5.41, 5.74) is 1.24. The van der Waals surface area contributed by atoms with Gasteiger partial charge in [-0.15, -0.1) is 0 Å². The van der Waals surface area contributed by atoms with Gasteiger partial charge in [-0.25, -0.2) is 0 Å². The van der Waals surface area contributed by atoms with E-state index in [1.807, 2.05) is 24.3 Å². The van der Waals surface area contributed by atoms with Crippen molar-refractivity contribution in [3.8, 4) is 5.75 Å². The van der Waals surface area contributed by atoms with E-state index in [4.69, 9.17) is 4.74 Å². The molecule has 0 fully saturated rings. The Balaban J connectivity index is 1.93. The summed E-state index contributed by atoms with van der Waals surface area (Å²) in [4.78, 5) is 4.29. The summed E-state index contributed by atoms with van der Waals surface area (Å²) >= 11 is 0. The van der Waals surface area contributed by atoms with Gasteiger partial charge in [0, 0.05) is 6.54 Å². The lowest BCUT2D eigenvalue weighted by Crippen LogP contribution is -1.92. The molecule has 0 atom stereocenters. The van der Waals surface area contributed by atoms with Gasteiger partial charge >= 0.3 is 0 Å². The smallest absolute Gasteiger partial charge is 0.176 e.